The average molecular weight is 402 g/mol. The lowest BCUT2D eigenvalue weighted by atomic mass is 9.84. The molecule has 2 heterocycles. The second-order valence-corrected chi connectivity index (χ2v) is 6.91. The number of nitrogens with zero attached hydrogens (tertiary/aromatic N) is 2. The van der Waals surface area contributed by atoms with Gasteiger partial charge < -0.3 is 19.9 Å². The van der Waals surface area contributed by atoms with E-state index in [0.29, 0.717) is 36.2 Å². The number of fused-ring (bicyclic) bond motifs is 1. The van der Waals surface area contributed by atoms with Crippen LogP contribution in [0.2, 0.25) is 0 Å². The number of aryl methyl sites for hydroxylation is 1. The van der Waals surface area contributed by atoms with E-state index in [1.165, 1.54) is 0 Å². The molecular formula is C23H22N4O3. The Bertz CT molecular complexity index is 1130. The highest BCUT2D eigenvalue weighted by Gasteiger charge is 2.34. The number of H-pyrrole nitrogens is 1. The number of aromatic nitrogens is 2. The molecule has 7 heteroatoms. The maximum atomic E-state index is 9.75. The van der Waals surface area contributed by atoms with Crippen molar-refractivity contribution in [3.8, 4) is 23.4 Å². The van der Waals surface area contributed by atoms with E-state index < -0.39 is 5.92 Å². The molecule has 1 aliphatic heterocycles. The lowest BCUT2D eigenvalue weighted by molar-refractivity contribution is 0.269. The van der Waals surface area contributed by atoms with Crippen LogP contribution in [0, 0.1) is 18.3 Å². The summed E-state index contributed by atoms with van der Waals surface area (Å²) in [5, 5.41) is 16.8. The highest BCUT2D eigenvalue weighted by molar-refractivity contribution is 5.57. The molecule has 1 aromatic heterocycles. The van der Waals surface area contributed by atoms with Gasteiger partial charge in [-0.3, -0.25) is 5.10 Å². The van der Waals surface area contributed by atoms with Crippen LogP contribution < -0.4 is 19.9 Å². The third kappa shape index (κ3) is 3.55. The lowest BCUT2D eigenvalue weighted by Crippen LogP contribution is -2.21. The number of nitriles is 1. The minimum Gasteiger partial charge on any atom is -0.490 e. The van der Waals surface area contributed by atoms with Crippen LogP contribution in [-0.2, 0) is 6.61 Å². The molecule has 0 unspecified atom stereocenters. The Labute approximate surface area is 174 Å². The fourth-order valence-electron chi connectivity index (χ4n) is 3.56. The Morgan fingerprint density at radius 3 is 2.70 bits per heavy atom. The zero-order chi connectivity index (χ0) is 21.1. The van der Waals surface area contributed by atoms with Crippen LogP contribution in [-0.4, -0.2) is 16.8 Å². The Morgan fingerprint density at radius 1 is 1.17 bits per heavy atom. The van der Waals surface area contributed by atoms with Gasteiger partial charge in [-0.05, 0) is 37.1 Å². The SMILES string of the molecule is CCOc1ccc([C@H]2C(C#N)=C(N)Oc3n[nH]c(C)c32)cc1OCc1ccccc1. The van der Waals surface area contributed by atoms with Gasteiger partial charge in [-0.15, -0.1) is 5.10 Å². The second-order valence-electron chi connectivity index (χ2n) is 6.91. The first-order valence-corrected chi connectivity index (χ1v) is 9.68. The molecule has 0 radical (unpaired) electrons. The van der Waals surface area contributed by atoms with E-state index >= 15 is 0 Å². The van der Waals surface area contributed by atoms with E-state index in [0.717, 1.165) is 22.4 Å². The number of allylic oxidation sites excluding steroid dienone is 1. The largest absolute Gasteiger partial charge is 0.490 e. The average Bonchev–Trinajstić information content (AvgIpc) is 3.13. The van der Waals surface area contributed by atoms with Gasteiger partial charge in [0.15, 0.2) is 11.5 Å². The summed E-state index contributed by atoms with van der Waals surface area (Å²) in [5.41, 5.74) is 9.85. The van der Waals surface area contributed by atoms with E-state index in [1.807, 2.05) is 62.4 Å². The second kappa shape index (κ2) is 8.21. The van der Waals surface area contributed by atoms with Crippen molar-refractivity contribution in [2.45, 2.75) is 26.4 Å². The Kier molecular flexibility index (Phi) is 5.31. The summed E-state index contributed by atoms with van der Waals surface area (Å²) < 4.78 is 17.4. The number of nitrogens with two attached hydrogens (primary N) is 1. The van der Waals surface area contributed by atoms with Gasteiger partial charge in [0.25, 0.3) is 0 Å². The van der Waals surface area contributed by atoms with E-state index in [1.54, 1.807) is 0 Å². The van der Waals surface area contributed by atoms with Crippen LogP contribution in [0.5, 0.6) is 17.4 Å². The fraction of sp³-hybridized carbons (Fsp3) is 0.217. The smallest absolute Gasteiger partial charge is 0.244 e. The molecule has 0 aliphatic carbocycles. The molecule has 0 fully saturated rings. The van der Waals surface area contributed by atoms with Crippen molar-refractivity contribution in [2.24, 2.45) is 5.73 Å². The monoisotopic (exact) mass is 402 g/mol. The van der Waals surface area contributed by atoms with Crippen molar-refractivity contribution in [3.63, 3.8) is 0 Å². The number of aromatic amines is 1. The predicted octanol–water partition coefficient (Wildman–Crippen LogP) is 3.91. The number of rotatable bonds is 6. The molecule has 1 atom stereocenters. The summed E-state index contributed by atoms with van der Waals surface area (Å²) in [5.74, 6) is 1.27. The van der Waals surface area contributed by atoms with E-state index in [4.69, 9.17) is 19.9 Å². The van der Waals surface area contributed by atoms with Gasteiger partial charge in [-0.2, -0.15) is 5.26 Å². The minimum absolute atomic E-state index is 0.0575. The third-order valence-corrected chi connectivity index (χ3v) is 4.97. The molecule has 0 saturated heterocycles. The Morgan fingerprint density at radius 2 is 1.97 bits per heavy atom. The lowest BCUT2D eigenvalue weighted by Gasteiger charge is -2.24. The number of hydrogen-bond acceptors (Lipinski definition) is 6. The van der Waals surface area contributed by atoms with Crippen molar-refractivity contribution in [1.82, 2.24) is 10.2 Å². The van der Waals surface area contributed by atoms with Crippen LogP contribution in [0.15, 0.2) is 60.0 Å². The quantitative estimate of drug-likeness (QED) is 0.647. The molecule has 30 heavy (non-hydrogen) atoms. The van der Waals surface area contributed by atoms with Crippen molar-refractivity contribution in [2.75, 3.05) is 6.61 Å². The molecule has 0 amide bonds. The normalized spacial score (nSPS) is 15.2. The molecule has 7 nitrogen and oxygen atoms in total. The van der Waals surface area contributed by atoms with Crippen molar-refractivity contribution >= 4 is 0 Å². The maximum absolute atomic E-state index is 9.75. The van der Waals surface area contributed by atoms with Crippen LogP contribution >= 0.6 is 0 Å². The molecule has 3 aromatic rings. The van der Waals surface area contributed by atoms with Gasteiger partial charge >= 0.3 is 0 Å². The zero-order valence-electron chi connectivity index (χ0n) is 16.8. The maximum Gasteiger partial charge on any atom is 0.244 e. The molecule has 0 bridgehead atoms. The molecule has 0 spiro atoms. The fourth-order valence-corrected chi connectivity index (χ4v) is 3.56. The number of benzene rings is 2. The number of hydrogen-bond donors (Lipinski definition) is 2. The van der Waals surface area contributed by atoms with Crippen LogP contribution in [0.25, 0.3) is 0 Å². The first kappa shape index (κ1) is 19.4. The summed E-state index contributed by atoms with van der Waals surface area (Å²) in [4.78, 5) is 0. The predicted molar refractivity (Wildman–Crippen MR) is 111 cm³/mol. The standard InChI is InChI=1S/C23H22N4O3/c1-3-28-18-10-9-16(11-19(18)29-13-15-7-5-4-6-8-15)21-17(12-24)22(25)30-23-20(21)14(2)26-27-23/h4-11,21H,3,13,25H2,1-2H3,(H,26,27)/t21-/m0/s1. The molecule has 1 aliphatic rings. The number of nitrogens with one attached hydrogen (secondary N) is 1. The molecule has 3 N–H and O–H groups in total. The van der Waals surface area contributed by atoms with Gasteiger partial charge in [0.05, 0.1) is 12.5 Å². The first-order chi connectivity index (χ1) is 14.6. The summed E-state index contributed by atoms with van der Waals surface area (Å²) in [7, 11) is 0. The van der Waals surface area contributed by atoms with E-state index in [9.17, 15) is 5.26 Å². The van der Waals surface area contributed by atoms with Crippen molar-refractivity contribution in [1.29, 1.82) is 5.26 Å². The highest BCUT2D eigenvalue weighted by Crippen LogP contribution is 2.44. The van der Waals surface area contributed by atoms with Gasteiger partial charge in [0.2, 0.25) is 11.8 Å². The number of ether oxygens (including phenoxy) is 3. The first-order valence-electron chi connectivity index (χ1n) is 9.68. The van der Waals surface area contributed by atoms with E-state index in [2.05, 4.69) is 16.3 Å². The Hall–Kier alpha value is -3.92. The third-order valence-electron chi connectivity index (χ3n) is 4.97. The molecule has 2 aromatic carbocycles. The minimum atomic E-state index is -0.410. The summed E-state index contributed by atoms with van der Waals surface area (Å²) >= 11 is 0. The zero-order valence-corrected chi connectivity index (χ0v) is 16.8. The van der Waals surface area contributed by atoms with Gasteiger partial charge in [0.1, 0.15) is 18.2 Å². The van der Waals surface area contributed by atoms with Crippen molar-refractivity contribution < 1.29 is 14.2 Å². The summed E-state index contributed by atoms with van der Waals surface area (Å²) in [6.07, 6.45) is 0. The van der Waals surface area contributed by atoms with Crippen molar-refractivity contribution in [3.05, 3.63) is 82.4 Å². The highest BCUT2D eigenvalue weighted by atomic mass is 16.5. The molecule has 4 rings (SSSR count). The van der Waals surface area contributed by atoms with Gasteiger partial charge in [0, 0.05) is 11.3 Å². The summed E-state index contributed by atoms with van der Waals surface area (Å²) in [6.45, 7) is 4.72. The van der Waals surface area contributed by atoms with Crippen LogP contribution in [0.1, 0.15) is 35.2 Å². The van der Waals surface area contributed by atoms with E-state index in [-0.39, 0.29) is 5.88 Å². The topological polar surface area (TPSA) is 106 Å². The van der Waals surface area contributed by atoms with Crippen LogP contribution in [0.4, 0.5) is 0 Å². The summed E-state index contributed by atoms with van der Waals surface area (Å²) in [6, 6.07) is 17.8. The molecule has 152 valence electrons. The Balaban J connectivity index is 1.75. The molecule has 0 saturated carbocycles. The van der Waals surface area contributed by atoms with Gasteiger partial charge in [-0.1, -0.05) is 36.4 Å². The van der Waals surface area contributed by atoms with Crippen LogP contribution in [0.3, 0.4) is 0 Å². The molecular weight excluding hydrogens is 380 g/mol. The van der Waals surface area contributed by atoms with Gasteiger partial charge in [-0.25, -0.2) is 0 Å².